The van der Waals surface area contributed by atoms with Gasteiger partial charge in [0.15, 0.2) is 0 Å². The lowest BCUT2D eigenvalue weighted by molar-refractivity contribution is -0.143. The first kappa shape index (κ1) is 9.21. The van der Waals surface area contributed by atoms with Gasteiger partial charge in [0.2, 0.25) is 0 Å². The third-order valence-corrected chi connectivity index (χ3v) is 2.66. The Morgan fingerprint density at radius 3 is 3.21 bits per heavy atom. The zero-order valence-corrected chi connectivity index (χ0v) is 7.66. The minimum atomic E-state index is -1.25. The van der Waals surface area contributed by atoms with Crippen molar-refractivity contribution in [1.29, 1.82) is 0 Å². The zero-order valence-electron chi connectivity index (χ0n) is 7.66. The largest absolute Gasteiger partial charge is 0.481 e. The molecule has 1 aromatic rings. The number of hydrogen-bond donors (Lipinski definition) is 3. The van der Waals surface area contributed by atoms with Crippen LogP contribution in [0.1, 0.15) is 30.5 Å². The fourth-order valence-electron chi connectivity index (χ4n) is 2.03. The van der Waals surface area contributed by atoms with Gasteiger partial charge in [-0.2, -0.15) is 5.10 Å². The van der Waals surface area contributed by atoms with Crippen molar-refractivity contribution in [1.82, 2.24) is 10.2 Å². The van der Waals surface area contributed by atoms with Gasteiger partial charge in [0.25, 0.3) is 0 Å². The number of carboxylic acid groups (broad SMARTS) is 1. The number of rotatable bonds is 2. The monoisotopic (exact) mass is 196 g/mol. The lowest BCUT2D eigenvalue weighted by Crippen LogP contribution is -2.33. The molecular weight excluding hydrogens is 184 g/mol. The number of aryl methyl sites for hydroxylation is 1. The molecule has 0 bridgehead atoms. The molecule has 0 aliphatic heterocycles. The van der Waals surface area contributed by atoms with E-state index in [1.54, 1.807) is 6.20 Å². The molecule has 1 atom stereocenters. The molecule has 1 aliphatic rings. The van der Waals surface area contributed by atoms with Crippen LogP contribution < -0.4 is 0 Å². The molecule has 0 amide bonds. The molecule has 1 aromatic heterocycles. The van der Waals surface area contributed by atoms with E-state index in [4.69, 9.17) is 5.11 Å². The van der Waals surface area contributed by atoms with E-state index in [1.807, 2.05) is 0 Å². The summed E-state index contributed by atoms with van der Waals surface area (Å²) < 4.78 is 0. The van der Waals surface area contributed by atoms with E-state index in [0.717, 1.165) is 18.4 Å². The molecule has 1 unspecified atom stereocenters. The van der Waals surface area contributed by atoms with E-state index in [0.29, 0.717) is 12.1 Å². The van der Waals surface area contributed by atoms with Crippen LogP contribution in [0.5, 0.6) is 0 Å². The predicted octanol–water partition coefficient (Wildman–Crippen LogP) is 0.408. The number of aliphatic carboxylic acids is 1. The Balaban J connectivity index is 2.34. The van der Waals surface area contributed by atoms with Gasteiger partial charge in [-0.25, -0.2) is 0 Å². The van der Waals surface area contributed by atoms with Crippen LogP contribution in [0, 0.1) is 0 Å². The van der Waals surface area contributed by atoms with Crippen LogP contribution in [0.3, 0.4) is 0 Å². The van der Waals surface area contributed by atoms with Gasteiger partial charge in [-0.15, -0.1) is 0 Å². The summed E-state index contributed by atoms with van der Waals surface area (Å²) in [6.45, 7) is 0. The Morgan fingerprint density at radius 2 is 2.50 bits per heavy atom. The molecule has 0 saturated heterocycles. The number of nitrogens with zero attached hydrogens (tertiary/aromatic N) is 1. The molecule has 14 heavy (non-hydrogen) atoms. The fourth-order valence-corrected chi connectivity index (χ4v) is 2.03. The van der Waals surface area contributed by atoms with Gasteiger partial charge in [0.05, 0.1) is 18.3 Å². The second-order valence-electron chi connectivity index (χ2n) is 3.73. The lowest BCUT2D eigenvalue weighted by atomic mass is 9.82. The van der Waals surface area contributed by atoms with Crippen LogP contribution in [-0.4, -0.2) is 26.4 Å². The molecule has 1 heterocycles. The summed E-state index contributed by atoms with van der Waals surface area (Å²) in [5.41, 5.74) is 0.252. The average Bonchev–Trinajstić information content (AvgIpc) is 2.51. The van der Waals surface area contributed by atoms with Crippen LogP contribution in [0.2, 0.25) is 0 Å². The number of carboxylic acids is 1. The molecular formula is C9H12N2O3. The van der Waals surface area contributed by atoms with Crippen molar-refractivity contribution >= 4 is 5.97 Å². The maximum atomic E-state index is 10.6. The van der Waals surface area contributed by atoms with Crippen LogP contribution in [0.15, 0.2) is 6.20 Å². The molecule has 0 spiro atoms. The number of aromatic nitrogens is 2. The Hall–Kier alpha value is -1.36. The quantitative estimate of drug-likeness (QED) is 0.639. The SMILES string of the molecule is O=C(O)CC1(O)CCCc2cn[nH]c21. The summed E-state index contributed by atoms with van der Waals surface area (Å²) in [7, 11) is 0. The first-order chi connectivity index (χ1) is 6.62. The van der Waals surface area contributed by atoms with Gasteiger partial charge in [0.1, 0.15) is 5.60 Å². The van der Waals surface area contributed by atoms with E-state index in [9.17, 15) is 9.90 Å². The van der Waals surface area contributed by atoms with Crippen molar-refractivity contribution in [3.05, 3.63) is 17.5 Å². The summed E-state index contributed by atoms with van der Waals surface area (Å²) in [6, 6.07) is 0. The third kappa shape index (κ3) is 1.39. The molecule has 0 fully saturated rings. The van der Waals surface area contributed by atoms with Gasteiger partial charge in [-0.1, -0.05) is 0 Å². The normalized spacial score (nSPS) is 25.8. The molecule has 0 saturated carbocycles. The first-order valence-corrected chi connectivity index (χ1v) is 4.59. The van der Waals surface area contributed by atoms with Gasteiger partial charge >= 0.3 is 5.97 Å². The Morgan fingerprint density at radius 1 is 1.71 bits per heavy atom. The highest BCUT2D eigenvalue weighted by molar-refractivity contribution is 5.68. The second-order valence-corrected chi connectivity index (χ2v) is 3.73. The second kappa shape index (κ2) is 3.09. The summed E-state index contributed by atoms with van der Waals surface area (Å²) >= 11 is 0. The average molecular weight is 196 g/mol. The predicted molar refractivity (Wildman–Crippen MR) is 47.7 cm³/mol. The fraction of sp³-hybridized carbons (Fsp3) is 0.556. The maximum Gasteiger partial charge on any atom is 0.306 e. The third-order valence-electron chi connectivity index (χ3n) is 2.66. The van der Waals surface area contributed by atoms with E-state index in [-0.39, 0.29) is 6.42 Å². The molecule has 76 valence electrons. The number of carbonyl (C=O) groups is 1. The van der Waals surface area contributed by atoms with Crippen molar-refractivity contribution in [3.63, 3.8) is 0 Å². The summed E-state index contributed by atoms with van der Waals surface area (Å²) in [6.07, 6.45) is 3.53. The number of nitrogens with one attached hydrogen (secondary N) is 1. The highest BCUT2D eigenvalue weighted by Crippen LogP contribution is 2.36. The van der Waals surface area contributed by atoms with Crippen molar-refractivity contribution < 1.29 is 15.0 Å². The van der Waals surface area contributed by atoms with Crippen LogP contribution in [0.25, 0.3) is 0 Å². The van der Waals surface area contributed by atoms with Gasteiger partial charge in [-0.05, 0) is 24.8 Å². The number of aliphatic hydroxyl groups is 1. The van der Waals surface area contributed by atoms with Crippen LogP contribution >= 0.6 is 0 Å². The maximum absolute atomic E-state index is 10.6. The Bertz CT molecular complexity index is 361. The van der Waals surface area contributed by atoms with E-state index in [2.05, 4.69) is 10.2 Å². The van der Waals surface area contributed by atoms with Gasteiger partial charge in [-0.3, -0.25) is 9.89 Å². The van der Waals surface area contributed by atoms with Crippen molar-refractivity contribution in [2.24, 2.45) is 0 Å². The summed E-state index contributed by atoms with van der Waals surface area (Å²) in [5.74, 6) is -0.991. The smallest absolute Gasteiger partial charge is 0.306 e. The zero-order chi connectivity index (χ0) is 10.2. The topological polar surface area (TPSA) is 86.2 Å². The Kier molecular flexibility index (Phi) is 2.03. The minimum Gasteiger partial charge on any atom is -0.481 e. The first-order valence-electron chi connectivity index (χ1n) is 4.59. The highest BCUT2D eigenvalue weighted by atomic mass is 16.4. The van der Waals surface area contributed by atoms with E-state index in [1.165, 1.54) is 0 Å². The lowest BCUT2D eigenvalue weighted by Gasteiger charge is -2.30. The van der Waals surface area contributed by atoms with Gasteiger partial charge in [0, 0.05) is 0 Å². The van der Waals surface area contributed by atoms with Crippen molar-refractivity contribution in [2.75, 3.05) is 0 Å². The molecule has 0 aromatic carbocycles. The van der Waals surface area contributed by atoms with Crippen molar-refractivity contribution in [2.45, 2.75) is 31.3 Å². The Labute approximate surface area is 80.8 Å². The van der Waals surface area contributed by atoms with Crippen LogP contribution in [-0.2, 0) is 16.8 Å². The molecule has 5 heteroatoms. The molecule has 0 radical (unpaired) electrons. The number of H-pyrrole nitrogens is 1. The van der Waals surface area contributed by atoms with Crippen LogP contribution in [0.4, 0.5) is 0 Å². The summed E-state index contributed by atoms with van der Waals surface area (Å²) in [4.78, 5) is 10.6. The van der Waals surface area contributed by atoms with E-state index < -0.39 is 11.6 Å². The number of hydrogen-bond acceptors (Lipinski definition) is 3. The molecule has 2 rings (SSSR count). The highest BCUT2D eigenvalue weighted by Gasteiger charge is 2.38. The molecule has 5 nitrogen and oxygen atoms in total. The number of aromatic amines is 1. The molecule has 1 aliphatic carbocycles. The standard InChI is InChI=1S/C9H12N2O3/c12-7(13)4-9(14)3-1-2-6-5-10-11-8(6)9/h5,14H,1-4H2,(H,10,11)(H,12,13). The van der Waals surface area contributed by atoms with E-state index >= 15 is 0 Å². The van der Waals surface area contributed by atoms with Gasteiger partial charge < -0.3 is 10.2 Å². The molecule has 3 N–H and O–H groups in total. The number of fused-ring (bicyclic) bond motifs is 1. The summed E-state index contributed by atoms with van der Waals surface area (Å²) in [5, 5.41) is 25.3. The minimum absolute atomic E-state index is 0.262. The van der Waals surface area contributed by atoms with Crippen molar-refractivity contribution in [3.8, 4) is 0 Å².